The number of carbonyl (C=O) groups excluding carboxylic acids is 1. The Balaban J connectivity index is 2.08. The fraction of sp³-hybridized carbons (Fsp3) is 0.167. The summed E-state index contributed by atoms with van der Waals surface area (Å²) in [7, 11) is 0. The number of aromatic nitrogens is 2. The van der Waals surface area contributed by atoms with Gasteiger partial charge in [-0.3, -0.25) is 9.78 Å². The Morgan fingerprint density at radius 1 is 1.40 bits per heavy atom. The van der Waals surface area contributed by atoms with Gasteiger partial charge in [0.2, 0.25) is 0 Å². The van der Waals surface area contributed by atoms with E-state index in [9.17, 15) is 14.7 Å². The molecule has 20 heavy (non-hydrogen) atoms. The predicted octanol–water partition coefficient (Wildman–Crippen LogP) is 1.43. The van der Waals surface area contributed by atoms with Crippen molar-refractivity contribution in [3.8, 4) is 5.75 Å². The van der Waals surface area contributed by atoms with Crippen LogP contribution < -0.4 is 5.32 Å². The van der Waals surface area contributed by atoms with Crippen molar-refractivity contribution in [2.75, 3.05) is 0 Å². The molecule has 0 spiro atoms. The molecule has 0 bridgehead atoms. The molecule has 2 aromatic rings. The Morgan fingerprint density at radius 2 is 2.15 bits per heavy atom. The summed E-state index contributed by atoms with van der Waals surface area (Å²) in [6.07, 6.45) is 2.55. The zero-order valence-corrected chi connectivity index (χ0v) is 11.2. The van der Waals surface area contributed by atoms with Crippen LogP contribution in [0.4, 0.5) is 0 Å². The maximum atomic E-state index is 11.9. The normalized spacial score (nSPS) is 11.8. The highest BCUT2D eigenvalue weighted by Gasteiger charge is 2.17. The molecule has 0 saturated carbocycles. The van der Waals surface area contributed by atoms with Gasteiger partial charge in [0.1, 0.15) is 10.8 Å². The van der Waals surface area contributed by atoms with E-state index < -0.39 is 17.9 Å². The second-order valence-corrected chi connectivity index (χ2v) is 4.89. The van der Waals surface area contributed by atoms with Crippen molar-refractivity contribution in [1.82, 2.24) is 15.3 Å². The first-order valence-corrected chi connectivity index (χ1v) is 6.49. The van der Waals surface area contributed by atoms with E-state index in [-0.39, 0.29) is 17.0 Å². The van der Waals surface area contributed by atoms with Crippen molar-refractivity contribution >= 4 is 23.2 Å². The lowest BCUT2D eigenvalue weighted by Crippen LogP contribution is -2.26. The van der Waals surface area contributed by atoms with E-state index in [1.54, 1.807) is 6.92 Å². The number of pyridine rings is 1. The first kappa shape index (κ1) is 13.9. The molecule has 1 atom stereocenters. The molecular formula is C12H11N3O4S. The molecule has 0 aromatic carbocycles. The lowest BCUT2D eigenvalue weighted by atomic mass is 10.2. The fourth-order valence-corrected chi connectivity index (χ4v) is 2.28. The number of aromatic hydroxyl groups is 1. The molecule has 0 aliphatic heterocycles. The number of aromatic carboxylic acids is 1. The van der Waals surface area contributed by atoms with E-state index in [2.05, 4.69) is 15.3 Å². The summed E-state index contributed by atoms with van der Waals surface area (Å²) in [4.78, 5) is 30.3. The average molecular weight is 293 g/mol. The fourth-order valence-electron chi connectivity index (χ4n) is 1.48. The Morgan fingerprint density at radius 3 is 2.75 bits per heavy atom. The third-order valence-corrected chi connectivity index (χ3v) is 3.47. The molecule has 104 valence electrons. The lowest BCUT2D eigenvalue weighted by molar-refractivity contribution is 0.0691. The van der Waals surface area contributed by atoms with Crippen LogP contribution in [0.25, 0.3) is 0 Å². The highest BCUT2D eigenvalue weighted by Crippen LogP contribution is 2.19. The summed E-state index contributed by atoms with van der Waals surface area (Å²) in [5, 5.41) is 22.6. The van der Waals surface area contributed by atoms with Crippen molar-refractivity contribution in [2.24, 2.45) is 0 Å². The molecule has 0 aliphatic rings. The Bertz CT molecular complexity index is 656. The second kappa shape index (κ2) is 5.66. The number of hydrogen-bond donors (Lipinski definition) is 3. The van der Waals surface area contributed by atoms with Gasteiger partial charge in [0, 0.05) is 11.6 Å². The van der Waals surface area contributed by atoms with Gasteiger partial charge in [-0.05, 0) is 13.0 Å². The van der Waals surface area contributed by atoms with Gasteiger partial charge in [-0.15, -0.1) is 11.3 Å². The predicted molar refractivity (Wildman–Crippen MR) is 70.9 cm³/mol. The number of rotatable bonds is 4. The third-order valence-electron chi connectivity index (χ3n) is 2.45. The van der Waals surface area contributed by atoms with Crippen LogP contribution in [0.15, 0.2) is 23.8 Å². The Labute approximate surface area is 117 Å². The molecule has 2 heterocycles. The van der Waals surface area contributed by atoms with Gasteiger partial charge in [-0.1, -0.05) is 0 Å². The minimum absolute atomic E-state index is 0.0508. The van der Waals surface area contributed by atoms with Crippen LogP contribution in [0.2, 0.25) is 0 Å². The largest absolute Gasteiger partial charge is 0.506 e. The standard InChI is InChI=1S/C12H11N3O4S/c1-6(11-15-9(5-20-11)12(18)19)14-10(17)7-2-8(16)4-13-3-7/h2-6,16H,1H3,(H,14,17)(H,18,19). The zero-order chi connectivity index (χ0) is 14.7. The highest BCUT2D eigenvalue weighted by atomic mass is 32.1. The maximum absolute atomic E-state index is 11.9. The summed E-state index contributed by atoms with van der Waals surface area (Å²) in [6, 6.07) is 0.850. The monoisotopic (exact) mass is 293 g/mol. The highest BCUT2D eigenvalue weighted by molar-refractivity contribution is 7.09. The number of nitrogens with one attached hydrogen (secondary N) is 1. The topological polar surface area (TPSA) is 112 Å². The van der Waals surface area contributed by atoms with Crippen LogP contribution in [-0.4, -0.2) is 32.1 Å². The molecule has 3 N–H and O–H groups in total. The zero-order valence-electron chi connectivity index (χ0n) is 10.4. The van der Waals surface area contributed by atoms with E-state index in [0.29, 0.717) is 5.01 Å². The molecule has 7 nitrogen and oxygen atoms in total. The number of hydrogen-bond acceptors (Lipinski definition) is 6. The summed E-state index contributed by atoms with van der Waals surface area (Å²) in [5.41, 5.74) is 0.164. The van der Waals surface area contributed by atoms with Crippen molar-refractivity contribution in [1.29, 1.82) is 0 Å². The molecule has 8 heteroatoms. The van der Waals surface area contributed by atoms with E-state index in [1.807, 2.05) is 0 Å². The van der Waals surface area contributed by atoms with Crippen molar-refractivity contribution in [3.63, 3.8) is 0 Å². The Kier molecular flexibility index (Phi) is 3.94. The number of amides is 1. The van der Waals surface area contributed by atoms with Gasteiger partial charge < -0.3 is 15.5 Å². The van der Waals surface area contributed by atoms with Crippen LogP contribution in [-0.2, 0) is 0 Å². The van der Waals surface area contributed by atoms with Gasteiger partial charge >= 0.3 is 5.97 Å². The number of carbonyl (C=O) groups is 2. The van der Waals surface area contributed by atoms with E-state index in [0.717, 1.165) is 11.3 Å². The van der Waals surface area contributed by atoms with Crippen LogP contribution in [0, 0.1) is 0 Å². The molecule has 0 radical (unpaired) electrons. The van der Waals surface area contributed by atoms with Crippen LogP contribution in [0.1, 0.15) is 38.8 Å². The summed E-state index contributed by atoms with van der Waals surface area (Å²) < 4.78 is 0. The van der Waals surface area contributed by atoms with Crippen molar-refractivity contribution in [3.05, 3.63) is 40.1 Å². The van der Waals surface area contributed by atoms with Crippen LogP contribution >= 0.6 is 11.3 Å². The van der Waals surface area contributed by atoms with Gasteiger partial charge in [-0.25, -0.2) is 9.78 Å². The third kappa shape index (κ3) is 3.09. The molecular weight excluding hydrogens is 282 g/mol. The van der Waals surface area contributed by atoms with Gasteiger partial charge in [0.15, 0.2) is 5.69 Å². The van der Waals surface area contributed by atoms with Gasteiger partial charge in [0.25, 0.3) is 5.91 Å². The molecule has 0 saturated heterocycles. The smallest absolute Gasteiger partial charge is 0.355 e. The number of thiazole rings is 1. The maximum Gasteiger partial charge on any atom is 0.355 e. The second-order valence-electron chi connectivity index (χ2n) is 4.00. The van der Waals surface area contributed by atoms with E-state index >= 15 is 0 Å². The number of carboxylic acids is 1. The van der Waals surface area contributed by atoms with E-state index in [1.165, 1.54) is 23.8 Å². The number of carboxylic acid groups (broad SMARTS) is 1. The molecule has 1 unspecified atom stereocenters. The van der Waals surface area contributed by atoms with Crippen LogP contribution in [0.5, 0.6) is 5.75 Å². The minimum atomic E-state index is -1.11. The molecule has 1 amide bonds. The SMILES string of the molecule is CC(NC(=O)c1cncc(O)c1)c1nc(C(=O)O)cs1. The molecule has 2 rings (SSSR count). The van der Waals surface area contributed by atoms with Crippen molar-refractivity contribution in [2.45, 2.75) is 13.0 Å². The average Bonchev–Trinajstić information content (AvgIpc) is 2.88. The Hall–Kier alpha value is -2.48. The first-order chi connectivity index (χ1) is 9.47. The van der Waals surface area contributed by atoms with E-state index in [4.69, 9.17) is 5.11 Å². The molecule has 2 aromatic heterocycles. The minimum Gasteiger partial charge on any atom is -0.506 e. The summed E-state index contributed by atoms with van der Waals surface area (Å²) in [6.45, 7) is 1.69. The van der Waals surface area contributed by atoms with Crippen molar-refractivity contribution < 1.29 is 19.8 Å². The van der Waals surface area contributed by atoms with Crippen LogP contribution in [0.3, 0.4) is 0 Å². The quantitative estimate of drug-likeness (QED) is 0.786. The van der Waals surface area contributed by atoms with Gasteiger partial charge in [-0.2, -0.15) is 0 Å². The summed E-state index contributed by atoms with van der Waals surface area (Å²) >= 11 is 1.15. The molecule has 0 aliphatic carbocycles. The summed E-state index contributed by atoms with van der Waals surface area (Å²) in [5.74, 6) is -1.64. The van der Waals surface area contributed by atoms with Gasteiger partial charge in [0.05, 0.1) is 17.8 Å². The lowest BCUT2D eigenvalue weighted by Gasteiger charge is -2.11. The number of nitrogens with zero attached hydrogens (tertiary/aromatic N) is 2. The molecule has 0 fully saturated rings. The first-order valence-electron chi connectivity index (χ1n) is 5.61.